The van der Waals surface area contributed by atoms with E-state index in [1.807, 2.05) is 24.4 Å². The maximum Gasteiger partial charge on any atom is 0.260 e. The van der Waals surface area contributed by atoms with Gasteiger partial charge in [-0.25, -0.2) is 4.98 Å². The lowest BCUT2D eigenvalue weighted by molar-refractivity contribution is 0.532. The van der Waals surface area contributed by atoms with Crippen LogP contribution in [0, 0.1) is 6.92 Å². The third kappa shape index (κ3) is 2.41. The molecule has 0 aromatic carbocycles. The Labute approximate surface area is 126 Å². The number of rotatable bonds is 4. The molecule has 0 spiro atoms. The topological polar surface area (TPSA) is 45.8 Å². The third-order valence-electron chi connectivity index (χ3n) is 2.80. The first kappa shape index (κ1) is 13.8. The van der Waals surface area contributed by atoms with Gasteiger partial charge >= 0.3 is 0 Å². The van der Waals surface area contributed by atoms with Crippen molar-refractivity contribution in [2.75, 3.05) is 12.4 Å². The Bertz CT molecular complexity index is 792. The van der Waals surface area contributed by atoms with Gasteiger partial charge in [-0.2, -0.15) is 0 Å². The largest absolute Gasteiger partial charge is 0.301 e. The van der Waals surface area contributed by atoms with Crippen LogP contribution in [0.5, 0.6) is 0 Å². The first-order chi connectivity index (χ1) is 9.70. The van der Waals surface area contributed by atoms with Gasteiger partial charge in [0.2, 0.25) is 0 Å². The van der Waals surface area contributed by atoms with Gasteiger partial charge in [-0.15, -0.1) is 22.7 Å². The number of alkyl halides is 1. The molecule has 0 saturated carbocycles. The van der Waals surface area contributed by atoms with Crippen LogP contribution in [0.25, 0.3) is 20.7 Å². The van der Waals surface area contributed by atoms with E-state index in [2.05, 4.69) is 9.97 Å². The molecule has 3 aromatic heterocycles. The standard InChI is InChI=1S/C13H11FN2OS3/c1-7-9(8-3-2-5-18-8)10-11(17)15-13(19-6-4-14)16-12(10)20-7/h2-3,5H,4,6H2,1H3,(H,15,16,17). The van der Waals surface area contributed by atoms with Crippen molar-refractivity contribution >= 4 is 44.7 Å². The number of thiophene rings is 2. The van der Waals surface area contributed by atoms with Gasteiger partial charge < -0.3 is 4.98 Å². The number of aryl methyl sites for hydroxylation is 1. The molecule has 0 aliphatic heterocycles. The van der Waals surface area contributed by atoms with Crippen LogP contribution in [0.1, 0.15) is 4.88 Å². The molecule has 3 rings (SSSR count). The van der Waals surface area contributed by atoms with Crippen molar-refractivity contribution in [3.8, 4) is 10.4 Å². The Morgan fingerprint density at radius 1 is 1.50 bits per heavy atom. The molecule has 3 nitrogen and oxygen atoms in total. The molecule has 0 radical (unpaired) electrons. The minimum absolute atomic E-state index is 0.149. The van der Waals surface area contributed by atoms with E-state index >= 15 is 0 Å². The average molecular weight is 326 g/mol. The molecule has 1 N–H and O–H groups in total. The van der Waals surface area contributed by atoms with Gasteiger partial charge in [-0.1, -0.05) is 17.8 Å². The Morgan fingerprint density at radius 3 is 3.05 bits per heavy atom. The lowest BCUT2D eigenvalue weighted by Crippen LogP contribution is -2.08. The summed E-state index contributed by atoms with van der Waals surface area (Å²) in [4.78, 5) is 22.3. The molecular weight excluding hydrogens is 315 g/mol. The Morgan fingerprint density at radius 2 is 2.35 bits per heavy atom. The second-order valence-corrected chi connectivity index (χ2v) is 7.33. The van der Waals surface area contributed by atoms with Crippen LogP contribution in [-0.2, 0) is 0 Å². The second kappa shape index (κ2) is 5.67. The number of nitrogens with zero attached hydrogens (tertiary/aromatic N) is 1. The van der Waals surface area contributed by atoms with E-state index in [-0.39, 0.29) is 5.56 Å². The van der Waals surface area contributed by atoms with Crippen LogP contribution >= 0.6 is 34.4 Å². The second-order valence-electron chi connectivity index (χ2n) is 4.10. The zero-order valence-electron chi connectivity index (χ0n) is 10.6. The van der Waals surface area contributed by atoms with Crippen molar-refractivity contribution in [1.29, 1.82) is 0 Å². The van der Waals surface area contributed by atoms with Crippen LogP contribution in [0.15, 0.2) is 27.5 Å². The number of hydrogen-bond acceptors (Lipinski definition) is 5. The maximum absolute atomic E-state index is 12.3. The number of aromatic nitrogens is 2. The van der Waals surface area contributed by atoms with Crippen molar-refractivity contribution in [2.24, 2.45) is 0 Å². The smallest absolute Gasteiger partial charge is 0.260 e. The number of aromatic amines is 1. The zero-order chi connectivity index (χ0) is 14.1. The van der Waals surface area contributed by atoms with E-state index in [1.165, 1.54) is 23.1 Å². The van der Waals surface area contributed by atoms with E-state index in [9.17, 15) is 9.18 Å². The number of thioether (sulfide) groups is 1. The summed E-state index contributed by atoms with van der Waals surface area (Å²) in [6, 6.07) is 3.97. The van der Waals surface area contributed by atoms with E-state index in [0.717, 1.165) is 20.1 Å². The van der Waals surface area contributed by atoms with E-state index in [0.29, 0.717) is 16.3 Å². The average Bonchev–Trinajstić information content (AvgIpc) is 3.02. The molecule has 0 aliphatic rings. The molecular formula is C13H11FN2OS3. The molecule has 0 bridgehead atoms. The molecule has 104 valence electrons. The van der Waals surface area contributed by atoms with Gasteiger partial charge in [0.25, 0.3) is 5.56 Å². The minimum Gasteiger partial charge on any atom is -0.301 e. The monoisotopic (exact) mass is 326 g/mol. The molecule has 0 atom stereocenters. The lowest BCUT2D eigenvalue weighted by Gasteiger charge is -1.99. The highest BCUT2D eigenvalue weighted by molar-refractivity contribution is 7.99. The summed E-state index contributed by atoms with van der Waals surface area (Å²) in [6.45, 7) is 1.56. The third-order valence-corrected chi connectivity index (χ3v) is 5.51. The molecule has 3 heterocycles. The zero-order valence-corrected chi connectivity index (χ0v) is 13.1. The fraction of sp³-hybridized carbons (Fsp3) is 0.231. The summed E-state index contributed by atoms with van der Waals surface area (Å²) in [5, 5.41) is 3.12. The van der Waals surface area contributed by atoms with Crippen molar-refractivity contribution in [1.82, 2.24) is 9.97 Å². The molecule has 0 fully saturated rings. The van der Waals surface area contributed by atoms with Crippen LogP contribution < -0.4 is 5.56 Å². The first-order valence-electron chi connectivity index (χ1n) is 5.96. The van der Waals surface area contributed by atoms with E-state index in [4.69, 9.17) is 0 Å². The Hall–Kier alpha value is -1.18. The maximum atomic E-state index is 12.3. The van der Waals surface area contributed by atoms with Crippen molar-refractivity contribution < 1.29 is 4.39 Å². The number of halogens is 1. The van der Waals surface area contributed by atoms with Crippen molar-refractivity contribution in [3.63, 3.8) is 0 Å². The first-order valence-corrected chi connectivity index (χ1v) is 8.65. The SMILES string of the molecule is Cc1sc2nc(SCCF)[nH]c(=O)c2c1-c1cccs1. The van der Waals surface area contributed by atoms with Gasteiger partial charge in [-0.3, -0.25) is 9.18 Å². The predicted octanol–water partition coefficient (Wildman–Crippen LogP) is 4.08. The summed E-state index contributed by atoms with van der Waals surface area (Å²) in [7, 11) is 0. The minimum atomic E-state index is -0.434. The Balaban J connectivity index is 2.19. The fourth-order valence-corrected chi connectivity index (χ4v) is 4.61. The molecule has 0 saturated heterocycles. The molecule has 3 aromatic rings. The summed E-state index contributed by atoms with van der Waals surface area (Å²) in [6.07, 6.45) is 0. The van der Waals surface area contributed by atoms with Crippen LogP contribution in [0.3, 0.4) is 0 Å². The molecule has 0 amide bonds. The summed E-state index contributed by atoms with van der Waals surface area (Å²) in [5.74, 6) is 0.302. The van der Waals surface area contributed by atoms with Gasteiger partial charge in [0.05, 0.1) is 12.1 Å². The lowest BCUT2D eigenvalue weighted by atomic mass is 10.1. The highest BCUT2D eigenvalue weighted by Crippen LogP contribution is 2.38. The van der Waals surface area contributed by atoms with Crippen LogP contribution in [0.4, 0.5) is 4.39 Å². The number of hydrogen-bond donors (Lipinski definition) is 1. The van der Waals surface area contributed by atoms with Gasteiger partial charge in [0.15, 0.2) is 5.16 Å². The fourth-order valence-electron chi connectivity index (χ4n) is 2.02. The van der Waals surface area contributed by atoms with Crippen LogP contribution in [0.2, 0.25) is 0 Å². The van der Waals surface area contributed by atoms with Crippen molar-refractivity contribution in [2.45, 2.75) is 12.1 Å². The van der Waals surface area contributed by atoms with E-state index in [1.54, 1.807) is 11.3 Å². The van der Waals surface area contributed by atoms with Gasteiger partial charge in [-0.05, 0) is 18.4 Å². The molecule has 7 heteroatoms. The number of H-pyrrole nitrogens is 1. The highest BCUT2D eigenvalue weighted by Gasteiger charge is 2.17. The van der Waals surface area contributed by atoms with Gasteiger partial charge in [0, 0.05) is 21.1 Å². The molecule has 0 aliphatic carbocycles. The van der Waals surface area contributed by atoms with E-state index < -0.39 is 6.67 Å². The number of fused-ring (bicyclic) bond motifs is 1. The quantitative estimate of drug-likeness (QED) is 0.580. The highest BCUT2D eigenvalue weighted by atomic mass is 32.2. The summed E-state index contributed by atoms with van der Waals surface area (Å²) in [5.41, 5.74) is 0.819. The molecule has 0 unspecified atom stereocenters. The predicted molar refractivity (Wildman–Crippen MR) is 85.0 cm³/mol. The van der Waals surface area contributed by atoms with Gasteiger partial charge in [0.1, 0.15) is 4.83 Å². The van der Waals surface area contributed by atoms with Crippen LogP contribution in [-0.4, -0.2) is 22.4 Å². The summed E-state index contributed by atoms with van der Waals surface area (Å²) < 4.78 is 12.2. The normalized spacial score (nSPS) is 11.3. The Kier molecular flexibility index (Phi) is 3.91. The molecule has 20 heavy (non-hydrogen) atoms. The van der Waals surface area contributed by atoms with Crippen molar-refractivity contribution in [3.05, 3.63) is 32.7 Å². The summed E-state index contributed by atoms with van der Waals surface area (Å²) >= 11 is 4.34. The number of nitrogens with one attached hydrogen (secondary N) is 1.